The summed E-state index contributed by atoms with van der Waals surface area (Å²) in [5.74, 6) is 0.0936. The zero-order chi connectivity index (χ0) is 27.6. The highest BCUT2D eigenvalue weighted by Crippen LogP contribution is 2.42. The summed E-state index contributed by atoms with van der Waals surface area (Å²) in [5.41, 5.74) is 5.21. The number of benzene rings is 3. The number of fused-ring (bicyclic) bond motifs is 2. The molecule has 5 rings (SSSR count). The van der Waals surface area contributed by atoms with Gasteiger partial charge >= 0.3 is 6.16 Å². The van der Waals surface area contributed by atoms with Gasteiger partial charge < -0.3 is 19.5 Å². The first kappa shape index (κ1) is 26.6. The molecule has 3 aromatic carbocycles. The van der Waals surface area contributed by atoms with E-state index in [1.54, 1.807) is 47.0 Å². The second kappa shape index (κ2) is 11.0. The van der Waals surface area contributed by atoms with Crippen molar-refractivity contribution in [2.75, 3.05) is 10.5 Å². The molecule has 0 unspecified atom stereocenters. The number of ether oxygens (including phenoxy) is 1. The van der Waals surface area contributed by atoms with Gasteiger partial charge in [0.05, 0.1) is 41.7 Å². The van der Waals surface area contributed by atoms with Crippen molar-refractivity contribution in [1.82, 2.24) is 13.3 Å². The van der Waals surface area contributed by atoms with Gasteiger partial charge in [-0.3, -0.25) is 4.72 Å². The Morgan fingerprint density at radius 2 is 1.77 bits per heavy atom. The lowest BCUT2D eigenvalue weighted by atomic mass is 10.0. The Hall–Kier alpha value is -4.00. The minimum Gasteiger partial charge on any atom is -0.449 e. The van der Waals surface area contributed by atoms with E-state index in [1.165, 1.54) is 0 Å². The Labute approximate surface area is 228 Å². The number of rotatable bonds is 10. The van der Waals surface area contributed by atoms with E-state index in [9.17, 15) is 23.4 Å². The molecule has 0 atom stereocenters. The molecule has 0 aliphatic rings. The Bertz CT molecular complexity index is 1760. The highest BCUT2D eigenvalue weighted by Gasteiger charge is 2.24. The SMILES string of the molecule is CCCCS(=O)(=O)Nc1ccc2c(c1)c(-c1ccc(CO)cc1)c(OC(=O)O)n2Cc1ccc2nsnc2c1. The molecule has 10 nitrogen and oxygen atoms in total. The fourth-order valence-electron chi connectivity index (χ4n) is 4.47. The molecular formula is C27H26N4O6S2. The summed E-state index contributed by atoms with van der Waals surface area (Å²) in [4.78, 5) is 11.9. The van der Waals surface area contributed by atoms with Gasteiger partial charge in [-0.25, -0.2) is 13.2 Å². The van der Waals surface area contributed by atoms with Crippen LogP contribution in [0.15, 0.2) is 60.7 Å². The number of hydrogen-bond acceptors (Lipinski definition) is 8. The van der Waals surface area contributed by atoms with Gasteiger partial charge in [-0.05, 0) is 53.4 Å². The molecule has 12 heteroatoms. The molecule has 0 bridgehead atoms. The van der Waals surface area contributed by atoms with Crippen molar-refractivity contribution in [2.45, 2.75) is 32.9 Å². The molecule has 2 aromatic heterocycles. The third kappa shape index (κ3) is 5.72. The third-order valence-electron chi connectivity index (χ3n) is 6.32. The molecule has 3 N–H and O–H groups in total. The van der Waals surface area contributed by atoms with E-state index in [2.05, 4.69) is 13.5 Å². The number of carbonyl (C=O) groups is 1. The van der Waals surface area contributed by atoms with Gasteiger partial charge in [0.2, 0.25) is 15.9 Å². The molecular weight excluding hydrogens is 540 g/mol. The van der Waals surface area contributed by atoms with Crippen LogP contribution in [0.3, 0.4) is 0 Å². The second-order valence-electron chi connectivity index (χ2n) is 9.08. The zero-order valence-corrected chi connectivity index (χ0v) is 22.6. The summed E-state index contributed by atoms with van der Waals surface area (Å²) in [6, 6.07) is 17.7. The van der Waals surface area contributed by atoms with Crippen molar-refractivity contribution >= 4 is 55.5 Å². The standard InChI is InChI=1S/C27H26N4O6S2/c1-2-3-12-39(35,36)30-20-9-11-24-21(14-20)25(19-7-4-17(16-32)5-8-19)26(37-27(33)34)31(24)15-18-6-10-22-23(13-18)29-38-28-22/h4-11,13-14,30,32H,2-3,12,15-16H2,1H3,(H,33,34). The largest absolute Gasteiger partial charge is 0.512 e. The van der Waals surface area contributed by atoms with Gasteiger partial charge in [0.25, 0.3) is 0 Å². The van der Waals surface area contributed by atoms with E-state index >= 15 is 0 Å². The van der Waals surface area contributed by atoms with Crippen molar-refractivity contribution in [3.8, 4) is 17.0 Å². The van der Waals surface area contributed by atoms with Crippen LogP contribution in [-0.4, -0.2) is 43.9 Å². The van der Waals surface area contributed by atoms with Gasteiger partial charge in [0.15, 0.2) is 0 Å². The maximum Gasteiger partial charge on any atom is 0.512 e. The average molecular weight is 567 g/mol. The molecule has 5 aromatic rings. The lowest BCUT2D eigenvalue weighted by molar-refractivity contribution is 0.141. The third-order valence-corrected chi connectivity index (χ3v) is 8.25. The van der Waals surface area contributed by atoms with Gasteiger partial charge in [0.1, 0.15) is 11.0 Å². The van der Waals surface area contributed by atoms with E-state index in [1.807, 2.05) is 25.1 Å². The number of carboxylic acid groups (broad SMARTS) is 1. The molecule has 202 valence electrons. The number of aliphatic hydroxyl groups excluding tert-OH is 1. The average Bonchev–Trinajstić information content (AvgIpc) is 3.49. The molecule has 0 saturated carbocycles. The summed E-state index contributed by atoms with van der Waals surface area (Å²) in [5, 5.41) is 19.8. The summed E-state index contributed by atoms with van der Waals surface area (Å²) in [6.45, 7) is 2.05. The predicted molar refractivity (Wildman–Crippen MR) is 151 cm³/mol. The quantitative estimate of drug-likeness (QED) is 0.189. The van der Waals surface area contributed by atoms with E-state index in [0.29, 0.717) is 39.7 Å². The number of nitrogens with zero attached hydrogens (tertiary/aromatic N) is 3. The zero-order valence-electron chi connectivity index (χ0n) is 21.0. The van der Waals surface area contributed by atoms with E-state index in [0.717, 1.165) is 34.7 Å². The molecule has 0 fully saturated rings. The fraction of sp³-hybridized carbons (Fsp3) is 0.222. The Balaban J connectivity index is 1.70. The van der Waals surface area contributed by atoms with Crippen LogP contribution in [0.1, 0.15) is 30.9 Å². The molecule has 0 spiro atoms. The summed E-state index contributed by atoms with van der Waals surface area (Å²) >= 11 is 1.11. The number of anilines is 1. The topological polar surface area (TPSA) is 144 Å². The molecule has 0 aliphatic carbocycles. The normalized spacial score (nSPS) is 11.7. The minimum atomic E-state index is -3.56. The van der Waals surface area contributed by atoms with Crippen molar-refractivity contribution < 1.29 is 28.2 Å². The number of sulfonamides is 1. The number of nitrogens with one attached hydrogen (secondary N) is 1. The molecule has 0 aliphatic heterocycles. The smallest absolute Gasteiger partial charge is 0.449 e. The fourth-order valence-corrected chi connectivity index (χ4v) is 6.24. The maximum atomic E-state index is 12.6. The lowest BCUT2D eigenvalue weighted by Crippen LogP contribution is -2.16. The van der Waals surface area contributed by atoms with Crippen LogP contribution in [0.2, 0.25) is 0 Å². The second-order valence-corrected chi connectivity index (χ2v) is 11.5. The highest BCUT2D eigenvalue weighted by atomic mass is 32.2. The van der Waals surface area contributed by atoms with Crippen molar-refractivity contribution in [3.63, 3.8) is 0 Å². The predicted octanol–water partition coefficient (Wildman–Crippen LogP) is 5.45. The molecule has 2 heterocycles. The number of aliphatic hydroxyl groups is 1. The van der Waals surface area contributed by atoms with Crippen LogP contribution in [0.25, 0.3) is 33.1 Å². The highest BCUT2D eigenvalue weighted by molar-refractivity contribution is 7.92. The van der Waals surface area contributed by atoms with Gasteiger partial charge in [0, 0.05) is 11.1 Å². The van der Waals surface area contributed by atoms with Crippen LogP contribution in [0, 0.1) is 0 Å². The first-order chi connectivity index (χ1) is 18.8. The van der Waals surface area contributed by atoms with Crippen molar-refractivity contribution in [1.29, 1.82) is 0 Å². The molecule has 0 amide bonds. The van der Waals surface area contributed by atoms with Gasteiger partial charge in [-0.15, -0.1) is 0 Å². The van der Waals surface area contributed by atoms with Crippen molar-refractivity contribution in [3.05, 3.63) is 71.8 Å². The van der Waals surface area contributed by atoms with Crippen LogP contribution < -0.4 is 9.46 Å². The van der Waals surface area contributed by atoms with Crippen LogP contribution in [-0.2, 0) is 23.2 Å². The Kier molecular flexibility index (Phi) is 7.51. The van der Waals surface area contributed by atoms with Crippen molar-refractivity contribution in [2.24, 2.45) is 0 Å². The van der Waals surface area contributed by atoms with Crippen LogP contribution >= 0.6 is 11.7 Å². The summed E-state index contributed by atoms with van der Waals surface area (Å²) in [7, 11) is -3.56. The van der Waals surface area contributed by atoms with Gasteiger partial charge in [-0.2, -0.15) is 8.75 Å². The lowest BCUT2D eigenvalue weighted by Gasteiger charge is -2.11. The van der Waals surface area contributed by atoms with E-state index < -0.39 is 16.2 Å². The maximum absolute atomic E-state index is 12.6. The number of unbranched alkanes of at least 4 members (excludes halogenated alkanes) is 1. The number of aromatic nitrogens is 3. The molecule has 0 saturated heterocycles. The van der Waals surface area contributed by atoms with E-state index in [-0.39, 0.29) is 24.8 Å². The Morgan fingerprint density at radius 1 is 1.03 bits per heavy atom. The van der Waals surface area contributed by atoms with Crippen LogP contribution in [0.4, 0.5) is 10.5 Å². The van der Waals surface area contributed by atoms with E-state index in [4.69, 9.17) is 4.74 Å². The first-order valence-electron chi connectivity index (χ1n) is 12.3. The first-order valence-corrected chi connectivity index (χ1v) is 14.6. The van der Waals surface area contributed by atoms with Gasteiger partial charge in [-0.1, -0.05) is 43.7 Å². The molecule has 39 heavy (non-hydrogen) atoms. The summed E-state index contributed by atoms with van der Waals surface area (Å²) < 4.78 is 43.5. The molecule has 0 radical (unpaired) electrons. The van der Waals surface area contributed by atoms with Crippen LogP contribution in [0.5, 0.6) is 5.88 Å². The Morgan fingerprint density at radius 3 is 2.49 bits per heavy atom. The number of hydrogen-bond donors (Lipinski definition) is 3. The monoisotopic (exact) mass is 566 g/mol. The minimum absolute atomic E-state index is 0.000638. The summed E-state index contributed by atoms with van der Waals surface area (Å²) in [6.07, 6.45) is -0.201.